The second kappa shape index (κ2) is 9.01. The van der Waals surface area contributed by atoms with Gasteiger partial charge >= 0.3 is 0 Å². The predicted octanol–water partition coefficient (Wildman–Crippen LogP) is 4.78. The topological polar surface area (TPSA) is 82.2 Å². The number of anilines is 2. The SMILES string of the molecule is N=C(/C=C\Nc1cc(N2CCCCC2)n2nc(-c3ccccn3)cc2n1)c1ccccc1. The van der Waals surface area contributed by atoms with Crippen LogP contribution in [0, 0.1) is 5.41 Å². The largest absolute Gasteiger partial charge is 0.356 e. The summed E-state index contributed by atoms with van der Waals surface area (Å²) in [6.07, 6.45) is 8.90. The van der Waals surface area contributed by atoms with Crippen molar-refractivity contribution in [2.75, 3.05) is 23.3 Å². The number of hydrogen-bond acceptors (Lipinski definition) is 6. The lowest BCUT2D eigenvalue weighted by Gasteiger charge is -2.29. The summed E-state index contributed by atoms with van der Waals surface area (Å²) in [6, 6.07) is 19.5. The van der Waals surface area contributed by atoms with E-state index in [4.69, 9.17) is 15.5 Å². The van der Waals surface area contributed by atoms with Crippen LogP contribution < -0.4 is 10.2 Å². The number of nitrogens with zero attached hydrogens (tertiary/aromatic N) is 5. The molecule has 0 bridgehead atoms. The fourth-order valence-corrected chi connectivity index (χ4v) is 3.94. The standard InChI is InChI=1S/C25H25N7/c26-20(19-9-3-1-4-10-19)12-14-28-23-18-25(31-15-7-2-8-16-31)32-24(29-23)17-22(30-32)21-11-5-6-13-27-21/h1,3-6,9-14,17-18,26H,2,7-8,15-16H2,(H,28,29)/b14-12-,26-20?. The van der Waals surface area contributed by atoms with Crippen molar-refractivity contribution >= 4 is 23.0 Å². The number of nitrogens with one attached hydrogen (secondary N) is 2. The number of rotatable bonds is 6. The molecule has 1 saturated heterocycles. The maximum Gasteiger partial charge on any atom is 0.160 e. The van der Waals surface area contributed by atoms with Gasteiger partial charge in [-0.2, -0.15) is 9.61 Å². The number of pyridine rings is 1. The van der Waals surface area contributed by atoms with Crippen molar-refractivity contribution in [3.8, 4) is 11.4 Å². The molecule has 5 rings (SSSR count). The van der Waals surface area contributed by atoms with E-state index >= 15 is 0 Å². The Labute approximate surface area is 187 Å². The molecular weight excluding hydrogens is 398 g/mol. The van der Waals surface area contributed by atoms with Crippen LogP contribution in [0.15, 0.2) is 79.1 Å². The van der Waals surface area contributed by atoms with E-state index in [2.05, 4.69) is 15.2 Å². The number of hydrogen-bond donors (Lipinski definition) is 2. The molecular formula is C25H25N7. The van der Waals surface area contributed by atoms with E-state index in [1.807, 2.05) is 65.2 Å². The van der Waals surface area contributed by atoms with Crippen LogP contribution in [0.4, 0.5) is 11.6 Å². The highest BCUT2D eigenvalue weighted by Crippen LogP contribution is 2.26. The molecule has 0 spiro atoms. The van der Waals surface area contributed by atoms with Gasteiger partial charge in [-0.25, -0.2) is 4.98 Å². The zero-order valence-corrected chi connectivity index (χ0v) is 17.8. The highest BCUT2D eigenvalue weighted by atomic mass is 15.4. The summed E-state index contributed by atoms with van der Waals surface area (Å²) in [6.45, 7) is 2.01. The van der Waals surface area contributed by atoms with E-state index in [1.165, 1.54) is 19.3 Å². The van der Waals surface area contributed by atoms with Gasteiger partial charge in [0.1, 0.15) is 17.3 Å². The molecule has 2 N–H and O–H groups in total. The smallest absolute Gasteiger partial charge is 0.160 e. The molecule has 0 atom stereocenters. The molecule has 1 aromatic carbocycles. The third-order valence-electron chi connectivity index (χ3n) is 5.58. The molecule has 0 unspecified atom stereocenters. The Hall–Kier alpha value is -4.00. The first-order valence-corrected chi connectivity index (χ1v) is 10.9. The molecule has 4 heterocycles. The lowest BCUT2D eigenvalue weighted by molar-refractivity contribution is 0.568. The molecule has 3 aromatic heterocycles. The third kappa shape index (κ3) is 4.23. The Balaban J connectivity index is 1.47. The van der Waals surface area contributed by atoms with Crippen LogP contribution in [0.25, 0.3) is 17.0 Å². The molecule has 7 heteroatoms. The molecule has 0 amide bonds. The molecule has 32 heavy (non-hydrogen) atoms. The van der Waals surface area contributed by atoms with Crippen molar-refractivity contribution < 1.29 is 0 Å². The number of allylic oxidation sites excluding steroid dienone is 1. The number of piperidine rings is 1. The fourth-order valence-electron chi connectivity index (χ4n) is 3.94. The van der Waals surface area contributed by atoms with Crippen LogP contribution in [0.1, 0.15) is 24.8 Å². The van der Waals surface area contributed by atoms with Gasteiger partial charge in [-0.05, 0) is 43.0 Å². The summed E-state index contributed by atoms with van der Waals surface area (Å²) in [4.78, 5) is 11.6. The molecule has 0 radical (unpaired) electrons. The second-order valence-electron chi connectivity index (χ2n) is 7.82. The minimum absolute atomic E-state index is 0.442. The summed E-state index contributed by atoms with van der Waals surface area (Å²) in [5, 5.41) is 16.3. The van der Waals surface area contributed by atoms with Crippen molar-refractivity contribution in [3.63, 3.8) is 0 Å². The number of aromatic nitrogens is 4. The quantitative estimate of drug-likeness (QED) is 0.436. The van der Waals surface area contributed by atoms with Gasteiger partial charge in [0.25, 0.3) is 0 Å². The van der Waals surface area contributed by atoms with Gasteiger partial charge < -0.3 is 15.6 Å². The first-order chi connectivity index (χ1) is 15.8. The molecule has 1 aliphatic rings. The van der Waals surface area contributed by atoms with Crippen molar-refractivity contribution in [3.05, 3.63) is 84.7 Å². The number of benzene rings is 1. The Bertz CT molecular complexity index is 1240. The lowest BCUT2D eigenvalue weighted by atomic mass is 10.1. The van der Waals surface area contributed by atoms with Gasteiger partial charge in [-0.1, -0.05) is 36.4 Å². The maximum absolute atomic E-state index is 8.25. The zero-order chi connectivity index (χ0) is 21.8. The molecule has 1 fully saturated rings. The molecule has 4 aromatic rings. The predicted molar refractivity (Wildman–Crippen MR) is 128 cm³/mol. The fraction of sp³-hybridized carbons (Fsp3) is 0.200. The summed E-state index contributed by atoms with van der Waals surface area (Å²) < 4.78 is 1.91. The van der Waals surface area contributed by atoms with E-state index in [-0.39, 0.29) is 0 Å². The van der Waals surface area contributed by atoms with Gasteiger partial charge in [0.05, 0.1) is 11.4 Å². The average Bonchev–Trinajstić information content (AvgIpc) is 3.29. The van der Waals surface area contributed by atoms with E-state index in [0.29, 0.717) is 5.71 Å². The summed E-state index contributed by atoms with van der Waals surface area (Å²) in [5.74, 6) is 1.74. The first kappa shape index (κ1) is 19.9. The Morgan fingerprint density at radius 3 is 2.53 bits per heavy atom. The van der Waals surface area contributed by atoms with Crippen molar-refractivity contribution in [2.45, 2.75) is 19.3 Å². The molecule has 7 nitrogen and oxygen atoms in total. The Kier molecular flexibility index (Phi) is 5.61. The van der Waals surface area contributed by atoms with Gasteiger partial charge in [0.15, 0.2) is 5.65 Å². The summed E-state index contributed by atoms with van der Waals surface area (Å²) in [5.41, 5.74) is 3.71. The maximum atomic E-state index is 8.25. The van der Waals surface area contributed by atoms with Crippen molar-refractivity contribution in [2.24, 2.45) is 0 Å². The Morgan fingerprint density at radius 1 is 0.938 bits per heavy atom. The van der Waals surface area contributed by atoms with Crippen LogP contribution in [-0.2, 0) is 0 Å². The van der Waals surface area contributed by atoms with E-state index in [1.54, 1.807) is 18.5 Å². The minimum atomic E-state index is 0.442. The molecule has 0 aliphatic carbocycles. The van der Waals surface area contributed by atoms with Crippen LogP contribution in [0.5, 0.6) is 0 Å². The van der Waals surface area contributed by atoms with Crippen molar-refractivity contribution in [1.29, 1.82) is 5.41 Å². The lowest BCUT2D eigenvalue weighted by Crippen LogP contribution is -2.31. The summed E-state index contributed by atoms with van der Waals surface area (Å²) in [7, 11) is 0. The van der Waals surface area contributed by atoms with E-state index in [0.717, 1.165) is 47.3 Å². The second-order valence-corrected chi connectivity index (χ2v) is 7.82. The highest BCUT2D eigenvalue weighted by molar-refractivity contribution is 6.06. The van der Waals surface area contributed by atoms with Gasteiger partial charge in [0.2, 0.25) is 0 Å². The van der Waals surface area contributed by atoms with Crippen LogP contribution in [-0.4, -0.2) is 38.4 Å². The first-order valence-electron chi connectivity index (χ1n) is 10.9. The van der Waals surface area contributed by atoms with Gasteiger partial charge in [-0.15, -0.1) is 0 Å². The average molecular weight is 424 g/mol. The highest BCUT2D eigenvalue weighted by Gasteiger charge is 2.18. The number of fused-ring (bicyclic) bond motifs is 1. The monoisotopic (exact) mass is 423 g/mol. The molecule has 0 saturated carbocycles. The third-order valence-corrected chi connectivity index (χ3v) is 5.58. The zero-order valence-electron chi connectivity index (χ0n) is 17.8. The normalized spacial score (nSPS) is 14.2. The minimum Gasteiger partial charge on any atom is -0.356 e. The summed E-state index contributed by atoms with van der Waals surface area (Å²) >= 11 is 0. The van der Waals surface area contributed by atoms with Gasteiger partial charge in [0, 0.05) is 37.6 Å². The van der Waals surface area contributed by atoms with Crippen LogP contribution in [0.2, 0.25) is 0 Å². The molecule has 160 valence electrons. The van der Waals surface area contributed by atoms with Crippen LogP contribution >= 0.6 is 0 Å². The van der Waals surface area contributed by atoms with Crippen LogP contribution in [0.3, 0.4) is 0 Å². The molecule has 1 aliphatic heterocycles. The van der Waals surface area contributed by atoms with E-state index < -0.39 is 0 Å². The van der Waals surface area contributed by atoms with Crippen molar-refractivity contribution in [1.82, 2.24) is 19.6 Å². The van der Waals surface area contributed by atoms with E-state index in [9.17, 15) is 0 Å². The van der Waals surface area contributed by atoms with Gasteiger partial charge in [-0.3, -0.25) is 4.98 Å². The Morgan fingerprint density at radius 2 is 1.75 bits per heavy atom.